The van der Waals surface area contributed by atoms with Crippen LogP contribution in [0.4, 0.5) is 4.79 Å². The van der Waals surface area contributed by atoms with Gasteiger partial charge in [-0.25, -0.2) is 9.78 Å². The largest absolute Gasteiger partial charge is 0.352 e. The predicted octanol–water partition coefficient (Wildman–Crippen LogP) is 3.73. The Morgan fingerprint density at radius 3 is 2.07 bits per heavy atom. The van der Waals surface area contributed by atoms with Crippen LogP contribution in [0.1, 0.15) is 35.5 Å². The van der Waals surface area contributed by atoms with E-state index in [1.807, 2.05) is 23.7 Å². The molecule has 0 saturated carbocycles. The van der Waals surface area contributed by atoms with Crippen molar-refractivity contribution in [1.82, 2.24) is 20.2 Å². The summed E-state index contributed by atoms with van der Waals surface area (Å²) in [7, 11) is 1.85. The van der Waals surface area contributed by atoms with Crippen molar-refractivity contribution in [2.45, 2.75) is 18.5 Å². The van der Waals surface area contributed by atoms with Gasteiger partial charge in [0.2, 0.25) is 5.91 Å². The maximum atomic E-state index is 12.9. The molecule has 4 N–H and O–H groups in total. The molecule has 3 aromatic rings. The fourth-order valence-corrected chi connectivity index (χ4v) is 3.38. The third-order valence-corrected chi connectivity index (χ3v) is 5.11. The second-order valence-electron chi connectivity index (χ2n) is 6.77. The molecule has 0 spiro atoms. The van der Waals surface area contributed by atoms with Crippen LogP contribution in [0.15, 0.2) is 60.9 Å². The van der Waals surface area contributed by atoms with Gasteiger partial charge in [0.1, 0.15) is 11.9 Å². The number of rotatable bonds is 7. The number of amides is 3. The molecule has 3 rings (SSSR count). The molecule has 9 heteroatoms. The summed E-state index contributed by atoms with van der Waals surface area (Å²) in [5, 5.41) is 6.76. The van der Waals surface area contributed by atoms with E-state index < -0.39 is 18.1 Å². The molecule has 0 aliphatic carbocycles. The molecule has 7 nitrogen and oxygen atoms in total. The maximum Gasteiger partial charge on any atom is 0.312 e. The number of carbonyl (C=O) groups excluding carboxylic acids is 2. The maximum absolute atomic E-state index is 12.9. The van der Waals surface area contributed by atoms with Crippen LogP contribution >= 0.6 is 23.2 Å². The summed E-state index contributed by atoms with van der Waals surface area (Å²) in [5.74, 6) is 0.378. The van der Waals surface area contributed by atoms with Crippen LogP contribution in [0, 0.1) is 0 Å². The summed E-state index contributed by atoms with van der Waals surface area (Å²) >= 11 is 11.9. The first-order valence-electron chi connectivity index (χ1n) is 9.17. The molecule has 0 unspecified atom stereocenters. The van der Waals surface area contributed by atoms with Crippen molar-refractivity contribution in [2.75, 3.05) is 0 Å². The quantitative estimate of drug-likeness (QED) is 0.515. The average Bonchev–Trinajstić information content (AvgIpc) is 3.12. The number of nitrogens with two attached hydrogens (primary N) is 1. The van der Waals surface area contributed by atoms with E-state index in [2.05, 4.69) is 15.6 Å². The molecule has 156 valence electrons. The number of benzene rings is 2. The Labute approximate surface area is 184 Å². The molecule has 0 saturated heterocycles. The van der Waals surface area contributed by atoms with Gasteiger partial charge in [0.15, 0.2) is 0 Å². The number of imidazole rings is 1. The Bertz CT molecular complexity index is 1020. The lowest BCUT2D eigenvalue weighted by Crippen LogP contribution is -2.38. The van der Waals surface area contributed by atoms with Crippen LogP contribution in [0.25, 0.3) is 0 Å². The van der Waals surface area contributed by atoms with Crippen molar-refractivity contribution in [3.05, 3.63) is 87.9 Å². The molecular weight excluding hydrogens is 425 g/mol. The van der Waals surface area contributed by atoms with Crippen molar-refractivity contribution in [3.8, 4) is 0 Å². The highest BCUT2D eigenvalue weighted by Gasteiger charge is 2.24. The molecule has 0 aliphatic rings. The minimum absolute atomic E-state index is 0.0148. The van der Waals surface area contributed by atoms with E-state index in [0.717, 1.165) is 5.56 Å². The van der Waals surface area contributed by atoms with Gasteiger partial charge in [-0.05, 0) is 35.4 Å². The lowest BCUT2D eigenvalue weighted by molar-refractivity contribution is -0.122. The monoisotopic (exact) mass is 445 g/mol. The topological polar surface area (TPSA) is 102 Å². The molecule has 2 aromatic carbocycles. The predicted molar refractivity (Wildman–Crippen MR) is 116 cm³/mol. The summed E-state index contributed by atoms with van der Waals surface area (Å²) in [4.78, 5) is 28.8. The van der Waals surface area contributed by atoms with Crippen molar-refractivity contribution in [1.29, 1.82) is 0 Å². The fraction of sp³-hybridized carbons (Fsp3) is 0.190. The molecule has 1 heterocycles. The number of aromatic nitrogens is 2. The summed E-state index contributed by atoms with van der Waals surface area (Å²) in [6.45, 7) is 0. The van der Waals surface area contributed by atoms with E-state index in [1.54, 1.807) is 48.8 Å². The van der Waals surface area contributed by atoms with E-state index in [4.69, 9.17) is 28.9 Å². The van der Waals surface area contributed by atoms with Crippen LogP contribution in [0.3, 0.4) is 0 Å². The second-order valence-corrected chi connectivity index (χ2v) is 7.64. The number of hydrogen-bond donors (Lipinski definition) is 3. The SMILES string of the molecule is Cn1ccnc1[C@H](NC(=O)C[C@H](NC(N)=O)c1ccc(Cl)cc1)c1ccc(Cl)cc1. The zero-order valence-electron chi connectivity index (χ0n) is 16.2. The van der Waals surface area contributed by atoms with Crippen LogP contribution in [-0.2, 0) is 11.8 Å². The Morgan fingerprint density at radius 2 is 1.57 bits per heavy atom. The van der Waals surface area contributed by atoms with Gasteiger partial charge in [0.05, 0.1) is 12.5 Å². The summed E-state index contributed by atoms with van der Waals surface area (Å²) in [6, 6.07) is 12.2. The van der Waals surface area contributed by atoms with E-state index in [9.17, 15) is 9.59 Å². The van der Waals surface area contributed by atoms with Gasteiger partial charge in [0, 0.05) is 29.5 Å². The second kappa shape index (κ2) is 9.65. The Balaban J connectivity index is 1.83. The minimum Gasteiger partial charge on any atom is -0.352 e. The smallest absolute Gasteiger partial charge is 0.312 e. The third kappa shape index (κ3) is 5.52. The van der Waals surface area contributed by atoms with Crippen LogP contribution in [0.2, 0.25) is 10.0 Å². The molecule has 30 heavy (non-hydrogen) atoms. The van der Waals surface area contributed by atoms with E-state index in [1.165, 1.54) is 0 Å². The number of hydrogen-bond acceptors (Lipinski definition) is 3. The summed E-state index contributed by atoms with van der Waals surface area (Å²) in [6.07, 6.45) is 3.45. The van der Waals surface area contributed by atoms with Crippen molar-refractivity contribution in [3.63, 3.8) is 0 Å². The fourth-order valence-electron chi connectivity index (χ4n) is 3.13. The summed E-state index contributed by atoms with van der Waals surface area (Å²) in [5.41, 5.74) is 6.85. The Kier molecular flexibility index (Phi) is 6.97. The lowest BCUT2D eigenvalue weighted by Gasteiger charge is -2.22. The number of primary amides is 1. The van der Waals surface area contributed by atoms with Crippen LogP contribution < -0.4 is 16.4 Å². The molecule has 0 aliphatic heterocycles. The molecule has 2 atom stereocenters. The first-order chi connectivity index (χ1) is 14.3. The first-order valence-corrected chi connectivity index (χ1v) is 9.92. The van der Waals surface area contributed by atoms with Gasteiger partial charge >= 0.3 is 6.03 Å². The number of urea groups is 1. The Hall–Kier alpha value is -3.03. The molecule has 0 fully saturated rings. The number of nitrogens with one attached hydrogen (secondary N) is 2. The standard InChI is InChI=1S/C21H21Cl2N5O2/c1-28-11-10-25-20(28)19(14-4-8-16(23)9-5-14)27-18(29)12-17(26-21(24)30)13-2-6-15(22)7-3-13/h2-11,17,19H,12H2,1H3,(H,27,29)(H3,24,26,30)/t17-,19+/m0/s1. The minimum atomic E-state index is -0.721. The van der Waals surface area contributed by atoms with Crippen molar-refractivity contribution < 1.29 is 9.59 Å². The Morgan fingerprint density at radius 1 is 1.00 bits per heavy atom. The van der Waals surface area contributed by atoms with Crippen LogP contribution in [0.5, 0.6) is 0 Å². The number of carbonyl (C=O) groups is 2. The van der Waals surface area contributed by atoms with Gasteiger partial charge in [-0.15, -0.1) is 0 Å². The van der Waals surface area contributed by atoms with Crippen LogP contribution in [-0.4, -0.2) is 21.5 Å². The molecule has 0 bridgehead atoms. The first kappa shape index (κ1) is 21.7. The van der Waals surface area contributed by atoms with E-state index >= 15 is 0 Å². The van der Waals surface area contributed by atoms with Gasteiger partial charge < -0.3 is 20.9 Å². The third-order valence-electron chi connectivity index (χ3n) is 4.60. The van der Waals surface area contributed by atoms with Crippen molar-refractivity contribution >= 4 is 35.1 Å². The number of aryl methyl sites for hydroxylation is 1. The summed E-state index contributed by atoms with van der Waals surface area (Å²) < 4.78 is 1.83. The zero-order chi connectivity index (χ0) is 21.7. The lowest BCUT2D eigenvalue weighted by atomic mass is 10.0. The molecule has 1 aromatic heterocycles. The van der Waals surface area contributed by atoms with Gasteiger partial charge in [-0.3, -0.25) is 4.79 Å². The normalized spacial score (nSPS) is 12.8. The highest BCUT2D eigenvalue weighted by molar-refractivity contribution is 6.30. The van der Waals surface area contributed by atoms with Gasteiger partial charge in [-0.1, -0.05) is 47.5 Å². The molecule has 0 radical (unpaired) electrons. The highest BCUT2D eigenvalue weighted by Crippen LogP contribution is 2.24. The van der Waals surface area contributed by atoms with E-state index in [-0.39, 0.29) is 12.3 Å². The van der Waals surface area contributed by atoms with Gasteiger partial charge in [0.25, 0.3) is 0 Å². The zero-order valence-corrected chi connectivity index (χ0v) is 17.7. The number of nitrogens with zero attached hydrogens (tertiary/aromatic N) is 2. The van der Waals surface area contributed by atoms with E-state index in [0.29, 0.717) is 21.4 Å². The number of halogens is 2. The van der Waals surface area contributed by atoms with Crippen molar-refractivity contribution in [2.24, 2.45) is 12.8 Å². The molecule has 3 amide bonds. The average molecular weight is 446 g/mol. The van der Waals surface area contributed by atoms with Gasteiger partial charge in [-0.2, -0.15) is 0 Å². The highest BCUT2D eigenvalue weighted by atomic mass is 35.5. The molecular formula is C21H21Cl2N5O2.